The minimum absolute atomic E-state index is 0.00798. The number of para-hydroxylation sites is 1. The largest absolute Gasteiger partial charge is 0.347 e. The van der Waals surface area contributed by atoms with E-state index in [0.717, 1.165) is 27.3 Å². The fourth-order valence-corrected chi connectivity index (χ4v) is 3.80. The van der Waals surface area contributed by atoms with Crippen molar-refractivity contribution in [1.82, 2.24) is 10.2 Å². The van der Waals surface area contributed by atoms with Crippen LogP contribution in [0.3, 0.4) is 0 Å². The maximum Gasteiger partial charge on any atom is 0.279 e. The molecule has 1 fully saturated rings. The lowest BCUT2D eigenvalue weighted by atomic mass is 10.1. The molecule has 0 aromatic heterocycles. The van der Waals surface area contributed by atoms with Gasteiger partial charge in [-0.05, 0) is 30.5 Å². The summed E-state index contributed by atoms with van der Waals surface area (Å²) in [4.78, 5) is 39.8. The molecule has 3 rings (SSSR count). The van der Waals surface area contributed by atoms with E-state index >= 15 is 0 Å². The van der Waals surface area contributed by atoms with Crippen LogP contribution >= 0.6 is 0 Å². The molecule has 2 aromatic carbocycles. The number of nitrogens with one attached hydrogen (secondary N) is 3. The first-order valence-corrected chi connectivity index (χ1v) is 10.7. The van der Waals surface area contributed by atoms with Crippen LogP contribution in [-0.4, -0.2) is 61.9 Å². The minimum Gasteiger partial charge on any atom is -0.347 e. The summed E-state index contributed by atoms with van der Waals surface area (Å²) in [5, 5.41) is 5.73. The van der Waals surface area contributed by atoms with Crippen LogP contribution in [0.25, 0.3) is 0 Å². The fraction of sp³-hybridized carbons (Fsp3) is 0.375. The number of piperazine rings is 1. The fourth-order valence-electron chi connectivity index (χ4n) is 3.80. The molecule has 0 atom stereocenters. The number of amides is 3. The summed E-state index contributed by atoms with van der Waals surface area (Å²) < 4.78 is 0. The Morgan fingerprint density at radius 3 is 2.19 bits per heavy atom. The van der Waals surface area contributed by atoms with Gasteiger partial charge in [-0.3, -0.25) is 14.4 Å². The summed E-state index contributed by atoms with van der Waals surface area (Å²) in [6, 6.07) is 15.4. The van der Waals surface area contributed by atoms with Crippen LogP contribution in [0.5, 0.6) is 0 Å². The molecule has 31 heavy (non-hydrogen) atoms. The van der Waals surface area contributed by atoms with Crippen LogP contribution in [-0.2, 0) is 20.8 Å². The molecule has 1 aliphatic rings. The van der Waals surface area contributed by atoms with Crippen LogP contribution in [0.2, 0.25) is 0 Å². The van der Waals surface area contributed by atoms with Crippen molar-refractivity contribution in [2.75, 3.05) is 44.6 Å². The second kappa shape index (κ2) is 10.7. The van der Waals surface area contributed by atoms with Gasteiger partial charge in [0.05, 0.1) is 39.1 Å². The number of aryl methyl sites for hydroxylation is 2. The Hall–Kier alpha value is -3.19. The maximum absolute atomic E-state index is 12.5. The number of anilines is 1. The Kier molecular flexibility index (Phi) is 7.78. The number of hydrogen-bond donors (Lipinski definition) is 3. The lowest BCUT2D eigenvalue weighted by Gasteiger charge is -2.32. The molecule has 0 radical (unpaired) electrons. The van der Waals surface area contributed by atoms with Gasteiger partial charge in [0.25, 0.3) is 5.91 Å². The van der Waals surface area contributed by atoms with E-state index in [1.165, 1.54) is 0 Å². The Bertz CT molecular complexity index is 901. The standard InChI is InChI=1S/C24H30N4O3/c1-18-7-6-8-19(2)24(18)26-22(30)17-27-11-13-28(14-12-27)23(31)16-25-21(29)15-20-9-4-3-5-10-20/h3-10H,11-17H2,1-2H3,(H,25,29)(H,26,30)/p+1. The van der Waals surface area contributed by atoms with Gasteiger partial charge in [-0.2, -0.15) is 0 Å². The van der Waals surface area contributed by atoms with Crippen molar-refractivity contribution in [1.29, 1.82) is 0 Å². The van der Waals surface area contributed by atoms with E-state index in [2.05, 4.69) is 10.6 Å². The maximum atomic E-state index is 12.5. The van der Waals surface area contributed by atoms with Crippen molar-refractivity contribution < 1.29 is 19.3 Å². The lowest BCUT2D eigenvalue weighted by Crippen LogP contribution is -3.15. The molecule has 0 aliphatic carbocycles. The molecule has 3 amide bonds. The van der Waals surface area contributed by atoms with Gasteiger partial charge >= 0.3 is 0 Å². The van der Waals surface area contributed by atoms with E-state index < -0.39 is 0 Å². The van der Waals surface area contributed by atoms with Crippen molar-refractivity contribution >= 4 is 23.4 Å². The zero-order valence-electron chi connectivity index (χ0n) is 18.2. The Balaban J connectivity index is 1.38. The highest BCUT2D eigenvalue weighted by molar-refractivity contribution is 5.93. The molecule has 2 aromatic rings. The van der Waals surface area contributed by atoms with E-state index in [1.807, 2.05) is 62.4 Å². The molecule has 3 N–H and O–H groups in total. The zero-order chi connectivity index (χ0) is 22.2. The topological polar surface area (TPSA) is 82.9 Å². The average Bonchev–Trinajstić information content (AvgIpc) is 2.76. The molecule has 7 nitrogen and oxygen atoms in total. The van der Waals surface area contributed by atoms with Crippen molar-refractivity contribution in [3.05, 3.63) is 65.2 Å². The van der Waals surface area contributed by atoms with Crippen LogP contribution in [0, 0.1) is 13.8 Å². The highest BCUT2D eigenvalue weighted by Crippen LogP contribution is 2.18. The number of nitrogens with zero attached hydrogens (tertiary/aromatic N) is 1. The smallest absolute Gasteiger partial charge is 0.279 e. The van der Waals surface area contributed by atoms with Crippen molar-refractivity contribution in [3.8, 4) is 0 Å². The minimum atomic E-state index is -0.160. The summed E-state index contributed by atoms with van der Waals surface area (Å²) in [6.45, 7) is 6.95. The van der Waals surface area contributed by atoms with Crippen LogP contribution in [0.15, 0.2) is 48.5 Å². The van der Waals surface area contributed by atoms with Gasteiger partial charge in [-0.15, -0.1) is 0 Å². The van der Waals surface area contributed by atoms with Gasteiger partial charge in [0.15, 0.2) is 6.54 Å². The number of quaternary nitrogens is 1. The van der Waals surface area contributed by atoms with E-state index in [1.54, 1.807) is 4.90 Å². The van der Waals surface area contributed by atoms with E-state index in [9.17, 15) is 14.4 Å². The molecule has 0 spiro atoms. The second-order valence-corrected chi connectivity index (χ2v) is 8.06. The third-order valence-corrected chi connectivity index (χ3v) is 5.62. The van der Waals surface area contributed by atoms with Crippen LogP contribution in [0.1, 0.15) is 16.7 Å². The monoisotopic (exact) mass is 423 g/mol. The Labute approximate surface area is 183 Å². The molecule has 0 bridgehead atoms. The van der Waals surface area contributed by atoms with Gasteiger partial charge in [0, 0.05) is 5.69 Å². The van der Waals surface area contributed by atoms with Gasteiger partial charge in [-0.1, -0.05) is 48.5 Å². The third kappa shape index (κ3) is 6.65. The summed E-state index contributed by atoms with van der Waals surface area (Å²) in [7, 11) is 0. The first kappa shape index (κ1) is 22.5. The number of rotatable bonds is 7. The SMILES string of the molecule is Cc1cccc(C)c1NC(=O)C[NH+]1CCN(C(=O)CNC(=O)Cc2ccccc2)CC1. The highest BCUT2D eigenvalue weighted by Gasteiger charge is 2.25. The van der Waals surface area contributed by atoms with E-state index in [-0.39, 0.29) is 30.7 Å². The first-order chi connectivity index (χ1) is 14.9. The molecule has 0 unspecified atom stereocenters. The number of carbonyl (C=O) groups is 3. The molecular weight excluding hydrogens is 392 g/mol. The molecule has 7 heteroatoms. The average molecular weight is 424 g/mol. The van der Waals surface area contributed by atoms with Crippen molar-refractivity contribution in [3.63, 3.8) is 0 Å². The van der Waals surface area contributed by atoms with E-state index in [0.29, 0.717) is 32.7 Å². The van der Waals surface area contributed by atoms with Gasteiger partial charge < -0.3 is 20.4 Å². The highest BCUT2D eigenvalue weighted by atomic mass is 16.2. The van der Waals surface area contributed by atoms with Gasteiger partial charge in [0.1, 0.15) is 0 Å². The number of benzene rings is 2. The van der Waals surface area contributed by atoms with Gasteiger partial charge in [-0.25, -0.2) is 0 Å². The number of carbonyl (C=O) groups excluding carboxylic acids is 3. The summed E-state index contributed by atoms with van der Waals surface area (Å²) in [5.41, 5.74) is 3.90. The molecule has 164 valence electrons. The Morgan fingerprint density at radius 1 is 0.903 bits per heavy atom. The van der Waals surface area contributed by atoms with Crippen LogP contribution in [0.4, 0.5) is 5.69 Å². The summed E-state index contributed by atoms with van der Waals surface area (Å²) >= 11 is 0. The summed E-state index contributed by atoms with van der Waals surface area (Å²) in [6.07, 6.45) is 0.265. The normalized spacial score (nSPS) is 14.2. The molecule has 0 saturated carbocycles. The zero-order valence-corrected chi connectivity index (χ0v) is 18.2. The molecule has 1 aliphatic heterocycles. The lowest BCUT2D eigenvalue weighted by molar-refractivity contribution is -0.895. The molecular formula is C24H31N4O3+. The first-order valence-electron chi connectivity index (χ1n) is 10.7. The van der Waals surface area contributed by atoms with Crippen molar-refractivity contribution in [2.45, 2.75) is 20.3 Å². The predicted octanol–water partition coefficient (Wildman–Crippen LogP) is 0.328. The second-order valence-electron chi connectivity index (χ2n) is 8.06. The summed E-state index contributed by atoms with van der Waals surface area (Å²) in [5.74, 6) is -0.257. The van der Waals surface area contributed by atoms with Crippen LogP contribution < -0.4 is 15.5 Å². The third-order valence-electron chi connectivity index (χ3n) is 5.62. The Morgan fingerprint density at radius 2 is 1.55 bits per heavy atom. The quantitative estimate of drug-likeness (QED) is 0.600. The van der Waals surface area contributed by atoms with Crippen molar-refractivity contribution in [2.24, 2.45) is 0 Å². The molecule has 1 heterocycles. The number of hydrogen-bond acceptors (Lipinski definition) is 3. The predicted molar refractivity (Wildman–Crippen MR) is 120 cm³/mol. The molecule has 1 saturated heterocycles. The van der Waals surface area contributed by atoms with E-state index in [4.69, 9.17) is 0 Å². The van der Waals surface area contributed by atoms with Gasteiger partial charge in [0.2, 0.25) is 11.8 Å².